The molecule has 2 amide bonds. The molecule has 0 saturated carbocycles. The van der Waals surface area contributed by atoms with Gasteiger partial charge < -0.3 is 9.26 Å². The maximum Gasteiger partial charge on any atom is 0.303 e. The van der Waals surface area contributed by atoms with Gasteiger partial charge in [-0.1, -0.05) is 5.16 Å². The standard InChI is InChI=1S/C12H15N3O5/c1-8-6-10(13-20-8)12(18)15-5-3-4-14(15)11(17)7-19-9(2)16/h6H,3-5,7H2,1-2H3. The summed E-state index contributed by atoms with van der Waals surface area (Å²) in [5.74, 6) is -0.866. The Morgan fingerprint density at radius 3 is 2.65 bits per heavy atom. The van der Waals surface area contributed by atoms with Gasteiger partial charge in [0.05, 0.1) is 0 Å². The molecule has 0 atom stereocenters. The average molecular weight is 281 g/mol. The van der Waals surface area contributed by atoms with Crippen molar-refractivity contribution in [2.24, 2.45) is 0 Å². The molecule has 8 nitrogen and oxygen atoms in total. The van der Waals surface area contributed by atoms with Crippen molar-refractivity contribution in [1.29, 1.82) is 0 Å². The van der Waals surface area contributed by atoms with Gasteiger partial charge in [-0.15, -0.1) is 0 Å². The molecule has 0 spiro atoms. The number of carbonyl (C=O) groups is 3. The maximum absolute atomic E-state index is 12.2. The number of rotatable bonds is 3. The number of aromatic nitrogens is 1. The second-order valence-electron chi connectivity index (χ2n) is 4.40. The van der Waals surface area contributed by atoms with E-state index in [1.54, 1.807) is 6.92 Å². The van der Waals surface area contributed by atoms with E-state index in [2.05, 4.69) is 9.89 Å². The van der Waals surface area contributed by atoms with Gasteiger partial charge in [0.15, 0.2) is 12.3 Å². The molecule has 8 heteroatoms. The van der Waals surface area contributed by atoms with Gasteiger partial charge in [-0.05, 0) is 13.3 Å². The van der Waals surface area contributed by atoms with Crippen LogP contribution in [0, 0.1) is 6.92 Å². The van der Waals surface area contributed by atoms with Crippen molar-refractivity contribution in [3.63, 3.8) is 0 Å². The minimum absolute atomic E-state index is 0.148. The van der Waals surface area contributed by atoms with E-state index in [-0.39, 0.29) is 12.3 Å². The minimum atomic E-state index is -0.539. The van der Waals surface area contributed by atoms with Crippen molar-refractivity contribution in [3.8, 4) is 0 Å². The molecule has 2 rings (SSSR count). The predicted octanol–water partition coefficient (Wildman–Crippen LogP) is 0.136. The molecular weight excluding hydrogens is 266 g/mol. The molecule has 1 aromatic rings. The molecule has 1 fully saturated rings. The summed E-state index contributed by atoms with van der Waals surface area (Å²) in [4.78, 5) is 34.8. The number of aryl methyl sites for hydroxylation is 1. The Balaban J connectivity index is 2.05. The van der Waals surface area contributed by atoms with Crippen molar-refractivity contribution < 1.29 is 23.6 Å². The smallest absolute Gasteiger partial charge is 0.303 e. The minimum Gasteiger partial charge on any atom is -0.456 e. The van der Waals surface area contributed by atoms with E-state index in [0.717, 1.165) is 0 Å². The molecule has 108 valence electrons. The first-order valence-electron chi connectivity index (χ1n) is 6.18. The zero-order valence-electron chi connectivity index (χ0n) is 11.3. The molecule has 1 saturated heterocycles. The van der Waals surface area contributed by atoms with Crippen molar-refractivity contribution in [2.75, 3.05) is 19.7 Å². The molecule has 0 bridgehead atoms. The normalized spacial score (nSPS) is 14.5. The lowest BCUT2D eigenvalue weighted by molar-refractivity contribution is -0.155. The van der Waals surface area contributed by atoms with Crippen LogP contribution in [0.3, 0.4) is 0 Å². The molecule has 1 aromatic heterocycles. The number of esters is 1. The van der Waals surface area contributed by atoms with Gasteiger partial charge in [0.1, 0.15) is 5.76 Å². The maximum atomic E-state index is 12.2. The van der Waals surface area contributed by atoms with Crippen molar-refractivity contribution >= 4 is 17.8 Å². The highest BCUT2D eigenvalue weighted by Crippen LogP contribution is 2.15. The first-order valence-corrected chi connectivity index (χ1v) is 6.18. The van der Waals surface area contributed by atoms with E-state index in [0.29, 0.717) is 25.3 Å². The topological polar surface area (TPSA) is 93.0 Å². The Hall–Kier alpha value is -2.38. The molecule has 1 aliphatic heterocycles. The number of ether oxygens (including phenoxy) is 1. The lowest BCUT2D eigenvalue weighted by atomic mass is 10.3. The van der Waals surface area contributed by atoms with Crippen molar-refractivity contribution in [2.45, 2.75) is 20.3 Å². The van der Waals surface area contributed by atoms with Crippen LogP contribution in [0.2, 0.25) is 0 Å². The Bertz CT molecular complexity index is 539. The lowest BCUT2D eigenvalue weighted by Crippen LogP contribution is -2.46. The Morgan fingerprint density at radius 1 is 1.35 bits per heavy atom. The van der Waals surface area contributed by atoms with Crippen LogP contribution < -0.4 is 0 Å². The van der Waals surface area contributed by atoms with Crippen molar-refractivity contribution in [3.05, 3.63) is 17.5 Å². The van der Waals surface area contributed by atoms with Gasteiger partial charge >= 0.3 is 5.97 Å². The second-order valence-corrected chi connectivity index (χ2v) is 4.40. The van der Waals surface area contributed by atoms with E-state index < -0.39 is 17.8 Å². The third-order valence-corrected chi connectivity index (χ3v) is 2.80. The highest BCUT2D eigenvalue weighted by atomic mass is 16.5. The fourth-order valence-electron chi connectivity index (χ4n) is 1.92. The highest BCUT2D eigenvalue weighted by Gasteiger charge is 2.32. The Labute approximate surface area is 115 Å². The van der Waals surface area contributed by atoms with E-state index >= 15 is 0 Å². The van der Waals surface area contributed by atoms with Crippen LogP contribution in [0.1, 0.15) is 29.6 Å². The van der Waals surface area contributed by atoms with Gasteiger partial charge in [0.25, 0.3) is 11.8 Å². The quantitative estimate of drug-likeness (QED) is 0.731. The number of hydrogen-bond acceptors (Lipinski definition) is 6. The van der Waals surface area contributed by atoms with Crippen molar-refractivity contribution in [1.82, 2.24) is 15.2 Å². The third-order valence-electron chi connectivity index (χ3n) is 2.80. The number of nitrogens with zero attached hydrogens (tertiary/aromatic N) is 3. The van der Waals surface area contributed by atoms with Crippen LogP contribution in [0.5, 0.6) is 0 Å². The van der Waals surface area contributed by atoms with Gasteiger partial charge in [0.2, 0.25) is 0 Å². The molecule has 1 aliphatic rings. The number of amides is 2. The lowest BCUT2D eigenvalue weighted by Gasteiger charge is -2.26. The molecule has 0 aliphatic carbocycles. The summed E-state index contributed by atoms with van der Waals surface area (Å²) in [6.45, 7) is 3.34. The molecular formula is C12H15N3O5. The predicted molar refractivity (Wildman–Crippen MR) is 65.2 cm³/mol. The summed E-state index contributed by atoms with van der Waals surface area (Å²) >= 11 is 0. The number of hydrogen-bond donors (Lipinski definition) is 0. The fraction of sp³-hybridized carbons (Fsp3) is 0.500. The summed E-state index contributed by atoms with van der Waals surface area (Å²) in [5.41, 5.74) is 0.148. The van der Waals surface area contributed by atoms with Crippen LogP contribution in [-0.4, -0.2) is 52.7 Å². The van der Waals surface area contributed by atoms with Gasteiger partial charge in [-0.2, -0.15) is 0 Å². The fourth-order valence-corrected chi connectivity index (χ4v) is 1.92. The zero-order valence-corrected chi connectivity index (χ0v) is 11.3. The molecule has 20 heavy (non-hydrogen) atoms. The summed E-state index contributed by atoms with van der Waals surface area (Å²) < 4.78 is 9.50. The van der Waals surface area contributed by atoms with E-state index in [1.807, 2.05) is 0 Å². The van der Waals surface area contributed by atoms with Crippen LogP contribution in [-0.2, 0) is 14.3 Å². The van der Waals surface area contributed by atoms with Gasteiger partial charge in [-0.3, -0.25) is 14.4 Å². The van der Waals surface area contributed by atoms with Crippen LogP contribution in [0.4, 0.5) is 0 Å². The molecule has 0 aromatic carbocycles. The van der Waals surface area contributed by atoms with Crippen LogP contribution >= 0.6 is 0 Å². The number of hydrazine groups is 1. The first kappa shape index (κ1) is 14.0. The summed E-state index contributed by atoms with van der Waals surface area (Å²) in [5, 5.41) is 6.21. The monoisotopic (exact) mass is 281 g/mol. The summed E-state index contributed by atoms with van der Waals surface area (Å²) in [6, 6.07) is 1.51. The molecule has 0 radical (unpaired) electrons. The van der Waals surface area contributed by atoms with Gasteiger partial charge in [-0.25, -0.2) is 10.0 Å². The van der Waals surface area contributed by atoms with E-state index in [4.69, 9.17) is 4.52 Å². The largest absolute Gasteiger partial charge is 0.456 e. The van der Waals surface area contributed by atoms with Gasteiger partial charge in [0, 0.05) is 26.1 Å². The molecule has 0 N–H and O–H groups in total. The Morgan fingerprint density at radius 2 is 2.05 bits per heavy atom. The van der Waals surface area contributed by atoms with E-state index in [1.165, 1.54) is 23.0 Å². The average Bonchev–Trinajstić information content (AvgIpc) is 3.03. The second kappa shape index (κ2) is 5.72. The molecule has 2 heterocycles. The summed E-state index contributed by atoms with van der Waals surface area (Å²) in [6.07, 6.45) is 0.661. The first-order chi connectivity index (χ1) is 9.49. The summed E-state index contributed by atoms with van der Waals surface area (Å²) in [7, 11) is 0. The number of carbonyl (C=O) groups excluding carboxylic acids is 3. The van der Waals surface area contributed by atoms with Crippen LogP contribution in [0.15, 0.2) is 10.6 Å². The van der Waals surface area contributed by atoms with E-state index in [9.17, 15) is 14.4 Å². The van der Waals surface area contributed by atoms with Crippen LogP contribution in [0.25, 0.3) is 0 Å². The highest BCUT2D eigenvalue weighted by molar-refractivity contribution is 5.94. The zero-order chi connectivity index (χ0) is 14.7. The molecule has 0 unspecified atom stereocenters. The Kier molecular flexibility index (Phi) is 4.02. The third kappa shape index (κ3) is 2.95. The SMILES string of the molecule is CC(=O)OCC(=O)N1CCCN1C(=O)c1cc(C)on1.